The fourth-order valence-corrected chi connectivity index (χ4v) is 8.03. The minimum absolute atomic E-state index is 0.143. The highest BCUT2D eigenvalue weighted by Gasteiger charge is 2.75. The van der Waals surface area contributed by atoms with Gasteiger partial charge >= 0.3 is 0 Å². The van der Waals surface area contributed by atoms with E-state index < -0.39 is 35.1 Å². The molecule has 4 aliphatic rings. The van der Waals surface area contributed by atoms with Crippen molar-refractivity contribution in [3.05, 3.63) is 96.1 Å². The number of unbranched alkanes of at least 4 members (excludes halogenated alkanes) is 2. The monoisotopic (exact) mass is 611 g/mol. The average molecular weight is 612 g/mol. The Kier molecular flexibility index (Phi) is 8.98. The molecule has 2 fully saturated rings. The summed E-state index contributed by atoms with van der Waals surface area (Å²) in [6.07, 6.45) is 11.5. The summed E-state index contributed by atoms with van der Waals surface area (Å²) in [6.45, 7) is 5.60. The number of aliphatic hydroxyl groups excluding tert-OH is 1. The van der Waals surface area contributed by atoms with Gasteiger partial charge in [0.25, 0.3) is 0 Å². The van der Waals surface area contributed by atoms with Crippen LogP contribution in [0, 0.1) is 11.8 Å². The summed E-state index contributed by atoms with van der Waals surface area (Å²) in [5.41, 5.74) is -0.417. The van der Waals surface area contributed by atoms with Crippen molar-refractivity contribution in [3.63, 3.8) is 0 Å². The van der Waals surface area contributed by atoms with E-state index in [1.54, 1.807) is 9.80 Å². The molecule has 8 nitrogen and oxygen atoms in total. The number of benzene rings is 2. The van der Waals surface area contributed by atoms with Crippen molar-refractivity contribution in [2.24, 2.45) is 11.8 Å². The van der Waals surface area contributed by atoms with E-state index >= 15 is 0 Å². The predicted molar refractivity (Wildman–Crippen MR) is 172 cm³/mol. The number of rotatable bonds is 11. The minimum atomic E-state index is -1.34. The molecule has 8 heteroatoms. The molecule has 0 saturated carbocycles. The molecule has 4 aliphatic heterocycles. The number of likely N-dealkylation sites (tertiary alicyclic amines) is 1. The van der Waals surface area contributed by atoms with Crippen LogP contribution in [0.5, 0.6) is 0 Å². The fraction of sp³-hybridized carbons (Fsp3) is 0.486. The first-order chi connectivity index (χ1) is 21.9. The van der Waals surface area contributed by atoms with Crippen LogP contribution in [0.3, 0.4) is 0 Å². The van der Waals surface area contributed by atoms with Crippen LogP contribution >= 0.6 is 0 Å². The van der Waals surface area contributed by atoms with Gasteiger partial charge in [-0.05, 0) is 30.4 Å². The lowest BCUT2D eigenvalue weighted by Gasteiger charge is -2.41. The normalized spacial score (nSPS) is 29.8. The van der Waals surface area contributed by atoms with Crippen LogP contribution in [0.25, 0.3) is 0 Å². The summed E-state index contributed by atoms with van der Waals surface area (Å²) in [5.74, 6) is -2.34. The molecule has 0 bridgehead atoms. The van der Waals surface area contributed by atoms with Crippen LogP contribution in [0.2, 0.25) is 0 Å². The van der Waals surface area contributed by atoms with Gasteiger partial charge < -0.3 is 24.5 Å². The molecule has 45 heavy (non-hydrogen) atoms. The summed E-state index contributed by atoms with van der Waals surface area (Å²) >= 11 is 0. The van der Waals surface area contributed by atoms with E-state index in [1.165, 1.54) is 0 Å². The van der Waals surface area contributed by atoms with Crippen molar-refractivity contribution in [1.82, 2.24) is 14.7 Å². The van der Waals surface area contributed by atoms with Gasteiger partial charge in [-0.3, -0.25) is 14.4 Å². The third kappa shape index (κ3) is 5.42. The second-order valence-corrected chi connectivity index (χ2v) is 12.9. The molecular formula is C37H45N3O5. The molecule has 0 aliphatic carbocycles. The van der Waals surface area contributed by atoms with Gasteiger partial charge in [0.15, 0.2) is 0 Å². The third-order valence-corrected chi connectivity index (χ3v) is 10.2. The van der Waals surface area contributed by atoms with Crippen LogP contribution in [0.4, 0.5) is 0 Å². The van der Waals surface area contributed by atoms with Crippen LogP contribution < -0.4 is 0 Å². The van der Waals surface area contributed by atoms with E-state index in [0.717, 1.165) is 30.4 Å². The molecule has 2 saturated heterocycles. The molecule has 1 spiro atoms. The Hall–Kier alpha value is -3.75. The first-order valence-electron chi connectivity index (χ1n) is 16.5. The highest BCUT2D eigenvalue weighted by Crippen LogP contribution is 2.59. The first-order valence-corrected chi connectivity index (χ1v) is 16.5. The molecular weight excluding hydrogens is 566 g/mol. The van der Waals surface area contributed by atoms with E-state index in [4.69, 9.17) is 4.74 Å². The SMILES string of the molecule is CCCCCN1CC=C[C@]23O[C@@]4(CC)C=CCN(Cc5ccccc5)C(=O)[C@H]4[C@H]2C(=O)N([C@@H](CO)Cc2ccccc2)C3C1=O. The van der Waals surface area contributed by atoms with E-state index in [9.17, 15) is 19.5 Å². The zero-order valence-electron chi connectivity index (χ0n) is 26.4. The van der Waals surface area contributed by atoms with Crippen LogP contribution in [-0.4, -0.2) is 87.1 Å². The number of ether oxygens (including phenoxy) is 1. The quantitative estimate of drug-likeness (QED) is 0.305. The maximum Gasteiger partial charge on any atom is 0.249 e. The lowest BCUT2D eigenvalue weighted by atomic mass is 9.73. The lowest BCUT2D eigenvalue weighted by molar-refractivity contribution is -0.157. The zero-order chi connectivity index (χ0) is 31.6. The van der Waals surface area contributed by atoms with Gasteiger partial charge in [0.2, 0.25) is 17.7 Å². The van der Waals surface area contributed by atoms with Crippen molar-refractivity contribution >= 4 is 17.7 Å². The Morgan fingerprint density at radius 1 is 0.822 bits per heavy atom. The summed E-state index contributed by atoms with van der Waals surface area (Å²) < 4.78 is 7.12. The standard InChI is InChI=1S/C37H45N3O5/c1-3-5-12-21-38-22-14-20-37-31(34(43)40(32(37)35(38)44)29(26-41)24-27-15-8-6-9-16-27)30-33(42)39(25-28-17-10-7-11-18-28)23-13-19-36(30,4-2)45-37/h6-11,13-20,29-32,41H,3-5,12,21-26H2,1-2H3/t29-,30-,31+,32?,36+,37+/m1/s1. The molecule has 238 valence electrons. The molecule has 1 N–H and O–H groups in total. The largest absolute Gasteiger partial charge is 0.394 e. The lowest BCUT2D eigenvalue weighted by Crippen LogP contribution is -2.59. The minimum Gasteiger partial charge on any atom is -0.394 e. The molecule has 0 radical (unpaired) electrons. The van der Waals surface area contributed by atoms with Gasteiger partial charge in [-0.2, -0.15) is 0 Å². The second kappa shape index (κ2) is 12.9. The smallest absolute Gasteiger partial charge is 0.249 e. The molecule has 0 aromatic heterocycles. The molecule has 6 rings (SSSR count). The Balaban J connectivity index is 1.44. The van der Waals surface area contributed by atoms with E-state index in [-0.39, 0.29) is 24.3 Å². The third-order valence-electron chi connectivity index (χ3n) is 10.2. The van der Waals surface area contributed by atoms with Crippen molar-refractivity contribution in [3.8, 4) is 0 Å². The van der Waals surface area contributed by atoms with Crippen molar-refractivity contribution in [1.29, 1.82) is 0 Å². The summed E-state index contributed by atoms with van der Waals surface area (Å²) in [7, 11) is 0. The Morgan fingerprint density at radius 2 is 1.49 bits per heavy atom. The predicted octanol–water partition coefficient (Wildman–Crippen LogP) is 4.14. The topological polar surface area (TPSA) is 90.4 Å². The van der Waals surface area contributed by atoms with Crippen molar-refractivity contribution < 1.29 is 24.2 Å². The number of hydrogen-bond acceptors (Lipinski definition) is 5. The Morgan fingerprint density at radius 3 is 2.16 bits per heavy atom. The molecule has 2 aromatic carbocycles. The Bertz CT molecular complexity index is 1440. The van der Waals surface area contributed by atoms with Crippen molar-refractivity contribution in [2.45, 2.75) is 75.8 Å². The number of amides is 3. The van der Waals surface area contributed by atoms with Crippen LogP contribution in [0.15, 0.2) is 85.0 Å². The van der Waals surface area contributed by atoms with Gasteiger partial charge in [0, 0.05) is 26.2 Å². The second-order valence-electron chi connectivity index (χ2n) is 12.9. The van der Waals surface area contributed by atoms with Crippen molar-refractivity contribution in [2.75, 3.05) is 26.2 Å². The number of hydrogen-bond donors (Lipinski definition) is 1. The molecule has 6 atom stereocenters. The summed E-state index contributed by atoms with van der Waals surface area (Å²) in [5, 5.41) is 10.8. The maximum absolute atomic E-state index is 14.9. The van der Waals surface area contributed by atoms with Crippen LogP contribution in [0.1, 0.15) is 50.7 Å². The van der Waals surface area contributed by atoms with E-state index in [0.29, 0.717) is 39.0 Å². The zero-order valence-corrected chi connectivity index (χ0v) is 26.4. The molecule has 1 unspecified atom stereocenters. The van der Waals surface area contributed by atoms with Crippen LogP contribution in [-0.2, 0) is 32.1 Å². The fourth-order valence-electron chi connectivity index (χ4n) is 8.03. The van der Waals surface area contributed by atoms with Gasteiger partial charge in [-0.1, -0.05) is 112 Å². The molecule has 3 amide bonds. The number of fused-ring (bicyclic) bond motifs is 2. The first kappa shape index (κ1) is 31.2. The van der Waals surface area contributed by atoms with E-state index in [2.05, 4.69) is 6.92 Å². The van der Waals surface area contributed by atoms with E-state index in [1.807, 2.05) is 96.8 Å². The van der Waals surface area contributed by atoms with Gasteiger partial charge in [0.1, 0.15) is 11.6 Å². The number of nitrogens with zero attached hydrogens (tertiary/aromatic N) is 3. The highest BCUT2D eigenvalue weighted by molar-refractivity contribution is 6.00. The summed E-state index contributed by atoms with van der Waals surface area (Å²) in [4.78, 5) is 49.5. The number of carbonyl (C=O) groups is 3. The number of aliphatic hydroxyl groups is 1. The summed E-state index contributed by atoms with van der Waals surface area (Å²) in [6, 6.07) is 17.9. The Labute approximate surface area is 266 Å². The van der Waals surface area contributed by atoms with Gasteiger partial charge in [0.05, 0.1) is 30.1 Å². The maximum atomic E-state index is 14.9. The molecule has 2 aromatic rings. The van der Waals surface area contributed by atoms with Gasteiger partial charge in [-0.25, -0.2) is 0 Å². The average Bonchev–Trinajstić information content (AvgIpc) is 3.37. The van der Waals surface area contributed by atoms with Gasteiger partial charge in [-0.15, -0.1) is 0 Å². The molecule has 4 heterocycles. The number of carbonyl (C=O) groups excluding carboxylic acids is 3. The highest BCUT2D eigenvalue weighted by atomic mass is 16.5.